The van der Waals surface area contributed by atoms with Crippen molar-refractivity contribution in [2.24, 2.45) is 11.3 Å². The molecule has 1 aromatic carbocycles. The number of amides is 1. The third kappa shape index (κ3) is 3.38. The molecule has 2 aromatic heterocycles. The maximum atomic E-state index is 14.1. The van der Waals surface area contributed by atoms with Gasteiger partial charge in [-0.25, -0.2) is 4.39 Å². The number of hydrogen-bond acceptors (Lipinski definition) is 5. The number of carbonyl (C=O) groups is 1. The molecule has 2 unspecified atom stereocenters. The smallest absolute Gasteiger partial charge is 0.363 e. The molecule has 0 spiro atoms. The van der Waals surface area contributed by atoms with Crippen LogP contribution in [0, 0.1) is 18.3 Å². The number of aryl methyl sites for hydroxylation is 1. The Hall–Kier alpha value is -3.24. The van der Waals surface area contributed by atoms with Crippen molar-refractivity contribution in [1.82, 2.24) is 24.5 Å². The molecule has 4 aliphatic rings. The molecule has 0 saturated heterocycles. The number of halogens is 4. The highest BCUT2D eigenvalue weighted by Gasteiger charge is 2.62. The number of rotatable bonds is 4. The number of nitrogens with zero attached hydrogens (tertiary/aromatic N) is 5. The summed E-state index contributed by atoms with van der Waals surface area (Å²) in [5, 5.41) is 11.5. The summed E-state index contributed by atoms with van der Waals surface area (Å²) >= 11 is 0. The standard InChI is InChI=1S/C24H24F4N6O/c1-12(14-4-3-5-16(6-14)24(26,27)28)29-20-17-10-33(21(35)23-7-15(8-23)18(25)9-23)11-19(17)34-13(2)31-32-22(34)30-20/h3-6,12,15,18H,7-11H2,1-2H3,(H,29,30,32). The van der Waals surface area contributed by atoms with Crippen molar-refractivity contribution in [3.8, 4) is 0 Å². The third-order valence-electron chi connectivity index (χ3n) is 7.82. The Bertz CT molecular complexity index is 1350. The Morgan fingerprint density at radius 3 is 2.66 bits per heavy atom. The monoisotopic (exact) mass is 488 g/mol. The maximum Gasteiger partial charge on any atom is 0.416 e. The molecule has 1 amide bonds. The molecule has 35 heavy (non-hydrogen) atoms. The Morgan fingerprint density at radius 2 is 1.97 bits per heavy atom. The quantitative estimate of drug-likeness (QED) is 0.543. The van der Waals surface area contributed by atoms with E-state index in [1.54, 1.807) is 29.2 Å². The number of aromatic nitrogens is 4. The minimum atomic E-state index is -4.44. The summed E-state index contributed by atoms with van der Waals surface area (Å²) in [7, 11) is 0. The van der Waals surface area contributed by atoms with Crippen molar-refractivity contribution in [3.05, 3.63) is 52.5 Å². The van der Waals surface area contributed by atoms with Gasteiger partial charge in [0.1, 0.15) is 17.8 Å². The molecule has 2 atom stereocenters. The average Bonchev–Trinajstić information content (AvgIpc) is 3.53. The molecule has 1 N–H and O–H groups in total. The van der Waals surface area contributed by atoms with Gasteiger partial charge in [0.2, 0.25) is 5.91 Å². The zero-order valence-electron chi connectivity index (χ0n) is 19.2. The third-order valence-corrected chi connectivity index (χ3v) is 7.82. The first-order valence-corrected chi connectivity index (χ1v) is 11.7. The molecule has 3 aromatic rings. The summed E-state index contributed by atoms with van der Waals surface area (Å²) in [6.07, 6.45) is -3.89. The zero-order valence-corrected chi connectivity index (χ0v) is 19.2. The van der Waals surface area contributed by atoms with Gasteiger partial charge < -0.3 is 10.2 Å². The predicted octanol–water partition coefficient (Wildman–Crippen LogP) is 4.61. The Morgan fingerprint density at radius 1 is 1.20 bits per heavy atom. The summed E-state index contributed by atoms with van der Waals surface area (Å²) in [5.41, 5.74) is 0.710. The van der Waals surface area contributed by atoms with Gasteiger partial charge >= 0.3 is 6.18 Å². The molecule has 3 fully saturated rings. The largest absolute Gasteiger partial charge is 0.416 e. The highest BCUT2D eigenvalue weighted by molar-refractivity contribution is 5.85. The van der Waals surface area contributed by atoms with Gasteiger partial charge in [-0.05, 0) is 56.7 Å². The molecule has 7 nitrogen and oxygen atoms in total. The molecule has 11 heteroatoms. The van der Waals surface area contributed by atoms with Crippen molar-refractivity contribution in [2.75, 3.05) is 5.32 Å². The van der Waals surface area contributed by atoms with E-state index in [1.165, 1.54) is 6.07 Å². The Labute approximate surface area is 198 Å². The Kier molecular flexibility index (Phi) is 4.69. The van der Waals surface area contributed by atoms with E-state index >= 15 is 0 Å². The SMILES string of the molecule is Cc1nnc2nc(NC(C)c3cccc(C(F)(F)F)c3)c3c(n12)CN(C(=O)C12CC(F)C(C1)C2)C3. The first-order chi connectivity index (χ1) is 16.6. The van der Waals surface area contributed by atoms with Crippen molar-refractivity contribution < 1.29 is 22.4 Å². The topological polar surface area (TPSA) is 75.4 Å². The van der Waals surface area contributed by atoms with Gasteiger partial charge in [-0.2, -0.15) is 18.2 Å². The van der Waals surface area contributed by atoms with Crippen LogP contribution in [-0.4, -0.2) is 36.6 Å². The van der Waals surface area contributed by atoms with Gasteiger partial charge in [-0.1, -0.05) is 12.1 Å². The number of carbonyl (C=O) groups excluding carboxylic acids is 1. The summed E-state index contributed by atoms with van der Waals surface area (Å²) in [6, 6.07) is 4.68. The van der Waals surface area contributed by atoms with Crippen LogP contribution in [0.4, 0.5) is 23.4 Å². The van der Waals surface area contributed by atoms with Crippen molar-refractivity contribution in [2.45, 2.75) is 64.6 Å². The lowest BCUT2D eigenvalue weighted by atomic mass is 9.69. The minimum absolute atomic E-state index is 0.0112. The molecular weight excluding hydrogens is 464 g/mol. The molecule has 184 valence electrons. The first kappa shape index (κ1) is 22.2. The summed E-state index contributed by atoms with van der Waals surface area (Å²) in [4.78, 5) is 19.8. The second-order valence-corrected chi connectivity index (χ2v) is 10.1. The Balaban J connectivity index is 1.33. The van der Waals surface area contributed by atoms with Crippen LogP contribution in [0.1, 0.15) is 60.4 Å². The second kappa shape index (κ2) is 7.38. The lowest BCUT2D eigenvalue weighted by Crippen LogP contribution is -2.44. The summed E-state index contributed by atoms with van der Waals surface area (Å²) in [5.74, 6) is 1.38. The normalized spacial score (nSPS) is 26.1. The van der Waals surface area contributed by atoms with E-state index in [4.69, 9.17) is 0 Å². The number of hydrogen-bond donors (Lipinski definition) is 1. The molecule has 3 saturated carbocycles. The van der Waals surface area contributed by atoms with E-state index in [9.17, 15) is 22.4 Å². The van der Waals surface area contributed by atoms with E-state index in [1.807, 2.05) is 0 Å². The molecule has 3 heterocycles. The number of nitrogens with one attached hydrogen (secondary N) is 1. The van der Waals surface area contributed by atoms with Crippen LogP contribution in [0.2, 0.25) is 0 Å². The lowest BCUT2D eigenvalue weighted by Gasteiger charge is -2.39. The van der Waals surface area contributed by atoms with Crippen LogP contribution in [0.15, 0.2) is 24.3 Å². The summed E-state index contributed by atoms with van der Waals surface area (Å²) < 4.78 is 55.6. The van der Waals surface area contributed by atoms with Gasteiger partial charge in [0.05, 0.1) is 29.8 Å². The van der Waals surface area contributed by atoms with Crippen molar-refractivity contribution in [1.29, 1.82) is 0 Å². The van der Waals surface area contributed by atoms with Gasteiger partial charge in [0.15, 0.2) is 0 Å². The number of benzene rings is 1. The van der Waals surface area contributed by atoms with Gasteiger partial charge in [0, 0.05) is 11.6 Å². The predicted molar refractivity (Wildman–Crippen MR) is 118 cm³/mol. The zero-order chi connectivity index (χ0) is 24.7. The average molecular weight is 488 g/mol. The van der Waals surface area contributed by atoms with Crippen LogP contribution in [0.5, 0.6) is 0 Å². The van der Waals surface area contributed by atoms with E-state index in [2.05, 4.69) is 20.5 Å². The first-order valence-electron chi connectivity index (χ1n) is 11.7. The van der Waals surface area contributed by atoms with Gasteiger partial charge in [-0.15, -0.1) is 10.2 Å². The second-order valence-electron chi connectivity index (χ2n) is 10.1. The number of alkyl halides is 4. The fourth-order valence-electron chi connectivity index (χ4n) is 5.98. The van der Waals surface area contributed by atoms with Gasteiger partial charge in [-0.3, -0.25) is 9.20 Å². The van der Waals surface area contributed by atoms with E-state index in [0.717, 1.165) is 23.4 Å². The highest BCUT2D eigenvalue weighted by atomic mass is 19.4. The highest BCUT2D eigenvalue weighted by Crippen LogP contribution is 2.61. The fraction of sp³-hybridized carbons (Fsp3) is 0.500. The maximum absolute atomic E-state index is 14.1. The molecule has 3 aliphatic carbocycles. The van der Waals surface area contributed by atoms with Crippen LogP contribution >= 0.6 is 0 Å². The molecular formula is C24H24F4N6O. The van der Waals surface area contributed by atoms with Crippen molar-refractivity contribution in [3.63, 3.8) is 0 Å². The van der Waals surface area contributed by atoms with E-state index in [-0.39, 0.29) is 24.8 Å². The van der Waals surface area contributed by atoms with Crippen molar-refractivity contribution >= 4 is 17.5 Å². The van der Waals surface area contributed by atoms with Crippen LogP contribution in [0.25, 0.3) is 5.78 Å². The number of anilines is 1. The minimum Gasteiger partial charge on any atom is -0.363 e. The van der Waals surface area contributed by atoms with Gasteiger partial charge in [0.25, 0.3) is 5.78 Å². The molecule has 2 bridgehead atoms. The fourth-order valence-corrected chi connectivity index (χ4v) is 5.98. The molecule has 1 aliphatic heterocycles. The van der Waals surface area contributed by atoms with E-state index < -0.39 is 29.4 Å². The lowest BCUT2D eigenvalue weighted by molar-refractivity contribution is -0.147. The van der Waals surface area contributed by atoms with Crippen LogP contribution in [-0.2, 0) is 24.1 Å². The van der Waals surface area contributed by atoms with Crippen LogP contribution < -0.4 is 5.32 Å². The van der Waals surface area contributed by atoms with E-state index in [0.29, 0.717) is 42.4 Å². The van der Waals surface area contributed by atoms with Crippen LogP contribution in [0.3, 0.4) is 0 Å². The summed E-state index contributed by atoms with van der Waals surface area (Å²) in [6.45, 7) is 4.16. The number of fused-ring (bicyclic) bond motifs is 4. The molecule has 7 rings (SSSR count). The molecule has 0 radical (unpaired) electrons.